The van der Waals surface area contributed by atoms with Gasteiger partial charge >= 0.3 is 11.9 Å². The van der Waals surface area contributed by atoms with Crippen molar-refractivity contribution in [3.8, 4) is 0 Å². The van der Waals surface area contributed by atoms with E-state index in [1.54, 1.807) is 13.8 Å². The van der Waals surface area contributed by atoms with Crippen LogP contribution in [0.25, 0.3) is 0 Å². The summed E-state index contributed by atoms with van der Waals surface area (Å²) in [6.45, 7) is 7.37. The molecule has 0 bridgehead atoms. The van der Waals surface area contributed by atoms with E-state index in [2.05, 4.69) is 19.2 Å². The van der Waals surface area contributed by atoms with Crippen molar-refractivity contribution in [1.82, 2.24) is 0 Å². The lowest BCUT2D eigenvalue weighted by atomic mass is 10.0. The lowest BCUT2D eigenvalue weighted by molar-refractivity contribution is -0.146. The minimum absolute atomic E-state index is 0.207. The van der Waals surface area contributed by atoms with E-state index in [4.69, 9.17) is 9.47 Å². The molecule has 0 radical (unpaired) electrons. The number of nitrogens with one attached hydrogen (secondary N) is 1. The molecule has 0 aromatic carbocycles. The van der Waals surface area contributed by atoms with Gasteiger partial charge in [-0.1, -0.05) is 20.8 Å². The van der Waals surface area contributed by atoms with Gasteiger partial charge in [0, 0.05) is 6.42 Å². The number of rotatable bonds is 8. The summed E-state index contributed by atoms with van der Waals surface area (Å²) >= 11 is 1.27. The van der Waals surface area contributed by atoms with Crippen molar-refractivity contribution in [2.75, 3.05) is 18.5 Å². The average Bonchev–Trinajstić information content (AvgIpc) is 2.86. The van der Waals surface area contributed by atoms with E-state index in [-0.39, 0.29) is 19.6 Å². The molecule has 0 aliphatic carbocycles. The maximum atomic E-state index is 12.2. The molecule has 0 fully saturated rings. The van der Waals surface area contributed by atoms with E-state index in [1.807, 2.05) is 5.38 Å². The third-order valence-electron chi connectivity index (χ3n) is 2.88. The summed E-state index contributed by atoms with van der Waals surface area (Å²) in [6.07, 6.45) is 0.921. The number of anilines is 1. The van der Waals surface area contributed by atoms with E-state index in [0.717, 1.165) is 5.56 Å². The van der Waals surface area contributed by atoms with Crippen molar-refractivity contribution in [2.24, 2.45) is 5.92 Å². The molecule has 0 saturated carbocycles. The molecule has 1 aromatic heterocycles. The van der Waals surface area contributed by atoms with Crippen LogP contribution in [-0.4, -0.2) is 31.1 Å². The highest BCUT2D eigenvalue weighted by Gasteiger charge is 2.22. The van der Waals surface area contributed by atoms with Crippen LogP contribution in [0.15, 0.2) is 5.38 Å². The predicted molar refractivity (Wildman–Crippen MR) is 88.7 cm³/mol. The maximum absolute atomic E-state index is 12.2. The SMILES string of the molecule is CCOC(=O)c1c(CC(C)C)csc1NC(=O)COC(=O)CC. The number of thiophene rings is 1. The van der Waals surface area contributed by atoms with Gasteiger partial charge in [0.1, 0.15) is 5.00 Å². The molecule has 0 unspecified atom stereocenters. The van der Waals surface area contributed by atoms with Crippen LogP contribution in [-0.2, 0) is 25.5 Å². The van der Waals surface area contributed by atoms with Gasteiger partial charge in [0.05, 0.1) is 12.2 Å². The van der Waals surface area contributed by atoms with Gasteiger partial charge < -0.3 is 14.8 Å². The molecule has 1 rings (SSSR count). The zero-order chi connectivity index (χ0) is 17.4. The van der Waals surface area contributed by atoms with Crippen LogP contribution in [0.2, 0.25) is 0 Å². The van der Waals surface area contributed by atoms with Crippen molar-refractivity contribution in [3.05, 3.63) is 16.5 Å². The van der Waals surface area contributed by atoms with Gasteiger partial charge in [-0.05, 0) is 30.2 Å². The molecule has 6 nitrogen and oxygen atoms in total. The zero-order valence-corrected chi connectivity index (χ0v) is 14.7. The standard InChI is InChI=1S/C16H23NO5S/c1-5-13(19)22-8-12(18)17-15-14(16(20)21-6-2)11(9-23-15)7-10(3)4/h9-10H,5-8H2,1-4H3,(H,17,18). The number of ether oxygens (including phenoxy) is 2. The molecule has 0 aliphatic heterocycles. The predicted octanol–water partition coefficient (Wildman–Crippen LogP) is 3.02. The Morgan fingerprint density at radius 1 is 1.22 bits per heavy atom. The zero-order valence-electron chi connectivity index (χ0n) is 13.9. The molecule has 1 amide bonds. The molecule has 0 saturated heterocycles. The van der Waals surface area contributed by atoms with E-state index in [1.165, 1.54) is 11.3 Å². The molecule has 0 atom stereocenters. The van der Waals surface area contributed by atoms with Crippen LogP contribution < -0.4 is 5.32 Å². The fraction of sp³-hybridized carbons (Fsp3) is 0.562. The van der Waals surface area contributed by atoms with Crippen LogP contribution in [0, 0.1) is 5.92 Å². The van der Waals surface area contributed by atoms with E-state index < -0.39 is 17.8 Å². The third kappa shape index (κ3) is 6.02. The summed E-state index contributed by atoms with van der Waals surface area (Å²) in [7, 11) is 0. The maximum Gasteiger partial charge on any atom is 0.341 e. The van der Waals surface area contributed by atoms with Crippen molar-refractivity contribution in [1.29, 1.82) is 0 Å². The number of amides is 1. The Bertz CT molecular complexity index is 565. The number of carbonyl (C=O) groups is 3. The normalized spacial score (nSPS) is 10.5. The monoisotopic (exact) mass is 341 g/mol. The van der Waals surface area contributed by atoms with Gasteiger partial charge in [-0.15, -0.1) is 11.3 Å². The van der Waals surface area contributed by atoms with Crippen molar-refractivity contribution in [2.45, 2.75) is 40.5 Å². The average molecular weight is 341 g/mol. The van der Waals surface area contributed by atoms with Crippen LogP contribution in [0.1, 0.15) is 50.0 Å². The summed E-state index contributed by atoms with van der Waals surface area (Å²) in [4.78, 5) is 35.1. The van der Waals surface area contributed by atoms with Crippen LogP contribution in [0.3, 0.4) is 0 Å². The number of carbonyl (C=O) groups excluding carboxylic acids is 3. The number of esters is 2. The largest absolute Gasteiger partial charge is 0.462 e. The first-order chi connectivity index (χ1) is 10.9. The Morgan fingerprint density at radius 3 is 2.48 bits per heavy atom. The van der Waals surface area contributed by atoms with Gasteiger partial charge in [-0.2, -0.15) is 0 Å². The Kier molecular flexibility index (Phi) is 7.74. The molecule has 1 heterocycles. The fourth-order valence-electron chi connectivity index (χ4n) is 1.91. The van der Waals surface area contributed by atoms with Gasteiger partial charge in [-0.3, -0.25) is 9.59 Å². The Hall–Kier alpha value is -1.89. The minimum Gasteiger partial charge on any atom is -0.462 e. The summed E-state index contributed by atoms with van der Waals surface area (Å²) in [5.41, 5.74) is 1.24. The Morgan fingerprint density at radius 2 is 1.91 bits per heavy atom. The highest BCUT2D eigenvalue weighted by atomic mass is 32.1. The number of hydrogen-bond donors (Lipinski definition) is 1. The summed E-state index contributed by atoms with van der Waals surface area (Å²) < 4.78 is 9.86. The fourth-order valence-corrected chi connectivity index (χ4v) is 2.89. The second kappa shape index (κ2) is 9.29. The first-order valence-corrected chi connectivity index (χ1v) is 8.49. The van der Waals surface area contributed by atoms with Crippen molar-refractivity contribution in [3.63, 3.8) is 0 Å². The van der Waals surface area contributed by atoms with Gasteiger partial charge in [0.15, 0.2) is 6.61 Å². The Labute approximate surface area is 140 Å². The molecule has 1 N–H and O–H groups in total. The smallest absolute Gasteiger partial charge is 0.341 e. The highest BCUT2D eigenvalue weighted by Crippen LogP contribution is 2.30. The molecule has 0 spiro atoms. The lowest BCUT2D eigenvalue weighted by Crippen LogP contribution is -2.21. The first kappa shape index (κ1) is 19.2. The minimum atomic E-state index is -0.477. The molecular formula is C16H23NO5S. The van der Waals surface area contributed by atoms with Crippen molar-refractivity contribution >= 4 is 34.2 Å². The summed E-state index contributed by atoms with van der Waals surface area (Å²) in [6, 6.07) is 0. The number of hydrogen-bond acceptors (Lipinski definition) is 6. The molecule has 0 aliphatic rings. The second-order valence-electron chi connectivity index (χ2n) is 5.35. The molecular weight excluding hydrogens is 318 g/mol. The van der Waals surface area contributed by atoms with Crippen molar-refractivity contribution < 1.29 is 23.9 Å². The molecule has 7 heteroatoms. The van der Waals surface area contributed by atoms with Crippen LogP contribution >= 0.6 is 11.3 Å². The first-order valence-electron chi connectivity index (χ1n) is 7.61. The van der Waals surface area contributed by atoms with E-state index in [0.29, 0.717) is 22.9 Å². The van der Waals surface area contributed by atoms with Crippen LogP contribution in [0.4, 0.5) is 5.00 Å². The molecule has 23 heavy (non-hydrogen) atoms. The third-order valence-corrected chi connectivity index (χ3v) is 3.83. The Balaban J connectivity index is 2.88. The van der Waals surface area contributed by atoms with E-state index in [9.17, 15) is 14.4 Å². The summed E-state index contributed by atoms with van der Waals surface area (Å²) in [5.74, 6) is -1.01. The van der Waals surface area contributed by atoms with Gasteiger partial charge in [0.2, 0.25) is 0 Å². The topological polar surface area (TPSA) is 81.7 Å². The molecule has 1 aromatic rings. The van der Waals surface area contributed by atoms with Gasteiger partial charge in [-0.25, -0.2) is 4.79 Å². The van der Waals surface area contributed by atoms with E-state index >= 15 is 0 Å². The molecule has 128 valence electrons. The highest BCUT2D eigenvalue weighted by molar-refractivity contribution is 7.15. The second-order valence-corrected chi connectivity index (χ2v) is 6.23. The quantitative estimate of drug-likeness (QED) is 0.735. The van der Waals surface area contributed by atoms with Gasteiger partial charge in [0.25, 0.3) is 5.91 Å². The lowest BCUT2D eigenvalue weighted by Gasteiger charge is -2.10. The summed E-state index contributed by atoms with van der Waals surface area (Å²) in [5, 5.41) is 4.90. The van der Waals surface area contributed by atoms with Crippen LogP contribution in [0.5, 0.6) is 0 Å².